The molecule has 2 atom stereocenters. The summed E-state index contributed by atoms with van der Waals surface area (Å²) in [7, 11) is 1.82. The number of hydrogen-bond donors (Lipinski definition) is 0. The van der Waals surface area contributed by atoms with Crippen LogP contribution in [0.4, 0.5) is 5.69 Å². The third kappa shape index (κ3) is 3.22. The lowest BCUT2D eigenvalue weighted by Crippen LogP contribution is -2.47. The SMILES string of the molecule is CCN1C[C@@H](CN(C)C(=O)[C@H](C)n2cccn2)Oc2ccccc21. The summed E-state index contributed by atoms with van der Waals surface area (Å²) in [5.41, 5.74) is 1.12. The Bertz CT molecular complexity index is 686. The first-order valence-corrected chi connectivity index (χ1v) is 8.35. The molecule has 0 aliphatic carbocycles. The molecule has 6 heteroatoms. The molecule has 6 nitrogen and oxygen atoms in total. The van der Waals surface area contributed by atoms with E-state index in [1.54, 1.807) is 15.8 Å². The highest BCUT2D eigenvalue weighted by molar-refractivity contribution is 5.79. The summed E-state index contributed by atoms with van der Waals surface area (Å²) in [6, 6.07) is 9.56. The average molecular weight is 328 g/mol. The van der Waals surface area contributed by atoms with Crippen molar-refractivity contribution in [2.45, 2.75) is 26.0 Å². The molecule has 3 rings (SSSR count). The van der Waals surface area contributed by atoms with E-state index >= 15 is 0 Å². The number of aromatic nitrogens is 2. The van der Waals surface area contributed by atoms with E-state index in [1.165, 1.54) is 0 Å². The van der Waals surface area contributed by atoms with Crippen molar-refractivity contribution in [2.24, 2.45) is 0 Å². The van der Waals surface area contributed by atoms with Gasteiger partial charge in [-0.05, 0) is 32.0 Å². The Morgan fingerprint density at radius 3 is 2.92 bits per heavy atom. The van der Waals surface area contributed by atoms with Gasteiger partial charge in [-0.25, -0.2) is 0 Å². The van der Waals surface area contributed by atoms with Crippen molar-refractivity contribution in [1.82, 2.24) is 14.7 Å². The van der Waals surface area contributed by atoms with Crippen LogP contribution in [-0.2, 0) is 4.79 Å². The molecule has 2 heterocycles. The molecular formula is C18H24N4O2. The molecule has 1 aliphatic rings. The Labute approximate surface area is 142 Å². The molecule has 0 spiro atoms. The number of hydrogen-bond acceptors (Lipinski definition) is 4. The van der Waals surface area contributed by atoms with Gasteiger partial charge in [-0.15, -0.1) is 0 Å². The van der Waals surface area contributed by atoms with E-state index in [1.807, 2.05) is 44.4 Å². The van der Waals surface area contributed by atoms with E-state index < -0.39 is 0 Å². The highest BCUT2D eigenvalue weighted by atomic mass is 16.5. The van der Waals surface area contributed by atoms with E-state index in [9.17, 15) is 4.79 Å². The Morgan fingerprint density at radius 2 is 2.21 bits per heavy atom. The van der Waals surface area contributed by atoms with Gasteiger partial charge in [-0.3, -0.25) is 9.48 Å². The molecule has 1 amide bonds. The largest absolute Gasteiger partial charge is 0.485 e. The number of rotatable bonds is 5. The minimum Gasteiger partial charge on any atom is -0.485 e. The maximum absolute atomic E-state index is 12.6. The van der Waals surface area contributed by atoms with Gasteiger partial charge in [0.2, 0.25) is 5.91 Å². The summed E-state index contributed by atoms with van der Waals surface area (Å²) < 4.78 is 7.77. The third-order valence-corrected chi connectivity index (χ3v) is 4.44. The van der Waals surface area contributed by atoms with Crippen molar-refractivity contribution in [1.29, 1.82) is 0 Å². The van der Waals surface area contributed by atoms with Crippen LogP contribution >= 0.6 is 0 Å². The van der Waals surface area contributed by atoms with Crippen molar-refractivity contribution < 1.29 is 9.53 Å². The van der Waals surface area contributed by atoms with Gasteiger partial charge in [0.05, 0.1) is 18.8 Å². The summed E-state index contributed by atoms with van der Waals surface area (Å²) in [6.45, 7) is 6.24. The van der Waals surface area contributed by atoms with Crippen LogP contribution in [0.5, 0.6) is 5.75 Å². The first-order chi connectivity index (χ1) is 11.6. The zero-order chi connectivity index (χ0) is 17.1. The van der Waals surface area contributed by atoms with E-state index in [-0.39, 0.29) is 18.1 Å². The number of para-hydroxylation sites is 2. The topological polar surface area (TPSA) is 50.6 Å². The minimum absolute atomic E-state index is 0.0317. The molecule has 0 N–H and O–H groups in total. The van der Waals surface area contributed by atoms with Crippen molar-refractivity contribution in [3.63, 3.8) is 0 Å². The molecule has 0 saturated carbocycles. The first kappa shape index (κ1) is 16.4. The number of benzene rings is 1. The van der Waals surface area contributed by atoms with Crippen LogP contribution < -0.4 is 9.64 Å². The van der Waals surface area contributed by atoms with E-state index in [0.717, 1.165) is 24.5 Å². The fourth-order valence-corrected chi connectivity index (χ4v) is 3.11. The second-order valence-electron chi connectivity index (χ2n) is 6.13. The summed E-state index contributed by atoms with van der Waals surface area (Å²) in [5.74, 6) is 0.917. The lowest BCUT2D eigenvalue weighted by Gasteiger charge is -2.37. The molecule has 0 bridgehead atoms. The van der Waals surface area contributed by atoms with Crippen molar-refractivity contribution in [2.75, 3.05) is 31.6 Å². The van der Waals surface area contributed by atoms with E-state index in [0.29, 0.717) is 6.54 Å². The summed E-state index contributed by atoms with van der Waals surface area (Å²) >= 11 is 0. The summed E-state index contributed by atoms with van der Waals surface area (Å²) in [5, 5.41) is 4.15. The zero-order valence-electron chi connectivity index (χ0n) is 14.4. The third-order valence-electron chi connectivity index (χ3n) is 4.44. The van der Waals surface area contributed by atoms with E-state index in [2.05, 4.69) is 23.0 Å². The molecular weight excluding hydrogens is 304 g/mol. The highest BCUT2D eigenvalue weighted by Crippen LogP contribution is 2.32. The Kier molecular flexibility index (Phi) is 4.74. The second kappa shape index (κ2) is 6.95. The monoisotopic (exact) mass is 328 g/mol. The lowest BCUT2D eigenvalue weighted by molar-refractivity contribution is -0.134. The van der Waals surface area contributed by atoms with Crippen LogP contribution in [0.1, 0.15) is 19.9 Å². The molecule has 0 unspecified atom stereocenters. The van der Waals surface area contributed by atoms with Gasteiger partial charge in [0.25, 0.3) is 0 Å². The van der Waals surface area contributed by atoms with Gasteiger partial charge in [0, 0.05) is 26.0 Å². The predicted molar refractivity (Wildman–Crippen MR) is 93.3 cm³/mol. The maximum Gasteiger partial charge on any atom is 0.247 e. The standard InChI is InChI=1S/C18H24N4O2/c1-4-21-13-15(24-17-9-6-5-8-16(17)21)12-20(3)18(23)14(2)22-11-7-10-19-22/h5-11,14-15H,4,12-13H2,1-3H3/t14-,15+/m0/s1. The van der Waals surface area contributed by atoms with Gasteiger partial charge >= 0.3 is 0 Å². The van der Waals surface area contributed by atoms with Crippen LogP contribution in [0.2, 0.25) is 0 Å². The zero-order valence-corrected chi connectivity index (χ0v) is 14.4. The average Bonchev–Trinajstić information content (AvgIpc) is 3.14. The number of ether oxygens (including phenoxy) is 1. The van der Waals surface area contributed by atoms with Crippen LogP contribution in [0.3, 0.4) is 0 Å². The minimum atomic E-state index is -0.317. The smallest absolute Gasteiger partial charge is 0.247 e. The fourth-order valence-electron chi connectivity index (χ4n) is 3.11. The molecule has 1 aromatic heterocycles. The van der Waals surface area contributed by atoms with Crippen LogP contribution in [0, 0.1) is 0 Å². The van der Waals surface area contributed by atoms with Crippen molar-refractivity contribution >= 4 is 11.6 Å². The molecule has 0 saturated heterocycles. The molecule has 0 fully saturated rings. The Balaban J connectivity index is 1.67. The van der Waals surface area contributed by atoms with Crippen molar-refractivity contribution in [3.05, 3.63) is 42.7 Å². The first-order valence-electron chi connectivity index (χ1n) is 8.35. The summed E-state index contributed by atoms with van der Waals surface area (Å²) in [6.07, 6.45) is 3.45. The predicted octanol–water partition coefficient (Wildman–Crippen LogP) is 2.19. The molecule has 2 aromatic rings. The quantitative estimate of drug-likeness (QED) is 0.844. The van der Waals surface area contributed by atoms with Crippen molar-refractivity contribution in [3.8, 4) is 5.75 Å². The van der Waals surface area contributed by atoms with Gasteiger partial charge in [-0.2, -0.15) is 5.10 Å². The van der Waals surface area contributed by atoms with Gasteiger partial charge < -0.3 is 14.5 Å². The number of nitrogens with zero attached hydrogens (tertiary/aromatic N) is 4. The maximum atomic E-state index is 12.6. The number of anilines is 1. The number of amides is 1. The molecule has 24 heavy (non-hydrogen) atoms. The van der Waals surface area contributed by atoms with Crippen LogP contribution in [0.15, 0.2) is 42.7 Å². The Hall–Kier alpha value is -2.50. The van der Waals surface area contributed by atoms with E-state index in [4.69, 9.17) is 4.74 Å². The molecule has 1 aromatic carbocycles. The van der Waals surface area contributed by atoms with Gasteiger partial charge in [-0.1, -0.05) is 12.1 Å². The second-order valence-corrected chi connectivity index (χ2v) is 6.13. The van der Waals surface area contributed by atoms with Gasteiger partial charge in [0.15, 0.2) is 0 Å². The highest BCUT2D eigenvalue weighted by Gasteiger charge is 2.28. The molecule has 128 valence electrons. The van der Waals surface area contributed by atoms with Gasteiger partial charge in [0.1, 0.15) is 17.9 Å². The number of carbonyl (C=O) groups is 1. The van der Waals surface area contributed by atoms with Crippen LogP contribution in [0.25, 0.3) is 0 Å². The van der Waals surface area contributed by atoms with Crippen LogP contribution in [-0.4, -0.2) is 53.4 Å². The summed E-state index contributed by atoms with van der Waals surface area (Å²) in [4.78, 5) is 16.6. The lowest BCUT2D eigenvalue weighted by atomic mass is 10.1. The number of carbonyl (C=O) groups excluding carboxylic acids is 1. The molecule has 1 aliphatic heterocycles. The number of likely N-dealkylation sites (N-methyl/N-ethyl adjacent to an activating group) is 2. The Morgan fingerprint density at radius 1 is 1.42 bits per heavy atom. The normalized spacial score (nSPS) is 17.8. The fraction of sp³-hybridized carbons (Fsp3) is 0.444. The number of fused-ring (bicyclic) bond motifs is 1. The molecule has 0 radical (unpaired) electrons.